The van der Waals surface area contributed by atoms with E-state index in [1.54, 1.807) is 17.9 Å². The Labute approximate surface area is 175 Å². The lowest BCUT2D eigenvalue weighted by molar-refractivity contribution is -0.385. The van der Waals surface area contributed by atoms with E-state index in [2.05, 4.69) is 43.0 Å². The molecule has 0 unspecified atom stereocenters. The molecule has 0 spiro atoms. The maximum Gasteiger partial charge on any atom is 0.272 e. The van der Waals surface area contributed by atoms with Crippen molar-refractivity contribution in [3.8, 4) is 0 Å². The van der Waals surface area contributed by atoms with Gasteiger partial charge < -0.3 is 9.80 Å². The van der Waals surface area contributed by atoms with E-state index in [4.69, 9.17) is 4.98 Å². The molecule has 1 aromatic heterocycles. The molecule has 2 aromatic carbocycles. The quantitative estimate of drug-likeness (QED) is 0.486. The molecule has 7 nitrogen and oxygen atoms in total. The van der Waals surface area contributed by atoms with Crippen LogP contribution in [-0.4, -0.2) is 46.9 Å². The highest BCUT2D eigenvalue weighted by Crippen LogP contribution is 2.26. The van der Waals surface area contributed by atoms with E-state index in [0.717, 1.165) is 16.9 Å². The van der Waals surface area contributed by atoms with Gasteiger partial charge in [-0.3, -0.25) is 14.9 Å². The number of para-hydroxylation sites is 1. The molecule has 1 fully saturated rings. The van der Waals surface area contributed by atoms with Gasteiger partial charge in [-0.1, -0.05) is 18.2 Å². The minimum Gasteiger partial charge on any atom is -0.353 e. The van der Waals surface area contributed by atoms with Gasteiger partial charge in [0.2, 0.25) is 0 Å². The van der Waals surface area contributed by atoms with Crippen molar-refractivity contribution in [3.63, 3.8) is 0 Å². The summed E-state index contributed by atoms with van der Waals surface area (Å²) >= 11 is 0. The number of aromatic nitrogens is 1. The summed E-state index contributed by atoms with van der Waals surface area (Å²) in [6.07, 6.45) is 0. The SMILES string of the molecule is Cc1cc(C(=O)N2CCN(c3cc(C)c4cccc(C)c4n3)CC2)ccc1[N+](=O)[O-]. The molecule has 0 N–H and O–H groups in total. The van der Waals surface area contributed by atoms with Crippen molar-refractivity contribution in [3.05, 3.63) is 74.8 Å². The molecule has 1 saturated heterocycles. The minimum absolute atomic E-state index is 0.0319. The summed E-state index contributed by atoms with van der Waals surface area (Å²) in [7, 11) is 0. The first kappa shape index (κ1) is 19.8. The van der Waals surface area contributed by atoms with Crippen molar-refractivity contribution in [2.75, 3.05) is 31.1 Å². The highest BCUT2D eigenvalue weighted by Gasteiger charge is 2.24. The number of carbonyl (C=O) groups excluding carboxylic acids is 1. The average Bonchev–Trinajstić information content (AvgIpc) is 2.73. The van der Waals surface area contributed by atoms with Crippen molar-refractivity contribution in [1.29, 1.82) is 0 Å². The monoisotopic (exact) mass is 404 g/mol. The van der Waals surface area contributed by atoms with E-state index in [-0.39, 0.29) is 11.6 Å². The summed E-state index contributed by atoms with van der Waals surface area (Å²) in [5, 5.41) is 12.2. The number of nitro groups is 1. The summed E-state index contributed by atoms with van der Waals surface area (Å²) in [4.78, 5) is 32.3. The van der Waals surface area contributed by atoms with Crippen molar-refractivity contribution >= 4 is 28.3 Å². The maximum absolute atomic E-state index is 12.9. The summed E-state index contributed by atoms with van der Waals surface area (Å²) in [5.41, 5.74) is 4.38. The third kappa shape index (κ3) is 3.58. The number of nitrogens with zero attached hydrogens (tertiary/aromatic N) is 4. The zero-order valence-electron chi connectivity index (χ0n) is 17.4. The molecule has 0 radical (unpaired) electrons. The van der Waals surface area contributed by atoms with Gasteiger partial charge in [0.25, 0.3) is 11.6 Å². The van der Waals surface area contributed by atoms with Gasteiger partial charge in [0, 0.05) is 48.8 Å². The number of hydrogen-bond donors (Lipinski definition) is 0. The molecule has 30 heavy (non-hydrogen) atoms. The van der Waals surface area contributed by atoms with Crippen LogP contribution in [-0.2, 0) is 0 Å². The van der Waals surface area contributed by atoms with E-state index < -0.39 is 4.92 Å². The van der Waals surface area contributed by atoms with Crippen LogP contribution < -0.4 is 4.90 Å². The van der Waals surface area contributed by atoms with Gasteiger partial charge in [0.15, 0.2) is 0 Å². The van der Waals surface area contributed by atoms with Crippen LogP contribution in [0, 0.1) is 30.9 Å². The molecular formula is C23H24N4O3. The second kappa shape index (κ2) is 7.74. The Balaban J connectivity index is 1.49. The number of pyridine rings is 1. The molecule has 2 heterocycles. The first-order chi connectivity index (χ1) is 14.3. The second-order valence-electron chi connectivity index (χ2n) is 7.81. The lowest BCUT2D eigenvalue weighted by Gasteiger charge is -2.35. The number of fused-ring (bicyclic) bond motifs is 1. The van der Waals surface area contributed by atoms with Crippen LogP contribution >= 0.6 is 0 Å². The number of benzene rings is 2. The van der Waals surface area contributed by atoms with Gasteiger partial charge in [0.05, 0.1) is 10.4 Å². The molecule has 0 saturated carbocycles. The largest absolute Gasteiger partial charge is 0.353 e. The number of piperazine rings is 1. The lowest BCUT2D eigenvalue weighted by atomic mass is 10.1. The van der Waals surface area contributed by atoms with Gasteiger partial charge in [-0.25, -0.2) is 4.98 Å². The molecule has 0 atom stereocenters. The summed E-state index contributed by atoms with van der Waals surface area (Å²) < 4.78 is 0. The van der Waals surface area contributed by atoms with Crippen LogP contribution in [0.25, 0.3) is 10.9 Å². The standard InChI is InChI=1S/C23H24N4O3/c1-15-5-4-6-19-16(2)14-21(24-22(15)19)25-9-11-26(12-10-25)23(28)18-7-8-20(27(29)30)17(3)13-18/h4-8,13-14H,9-12H2,1-3H3. The molecule has 0 aliphatic carbocycles. The van der Waals surface area contributed by atoms with Gasteiger partial charge in [-0.2, -0.15) is 0 Å². The van der Waals surface area contributed by atoms with E-state index >= 15 is 0 Å². The predicted molar refractivity (Wildman–Crippen MR) is 117 cm³/mol. The van der Waals surface area contributed by atoms with E-state index in [9.17, 15) is 14.9 Å². The molecule has 1 aliphatic rings. The molecule has 0 bridgehead atoms. The second-order valence-corrected chi connectivity index (χ2v) is 7.81. The summed E-state index contributed by atoms with van der Waals surface area (Å²) in [6.45, 7) is 8.39. The summed E-state index contributed by atoms with van der Waals surface area (Å²) in [6, 6.07) is 12.9. The van der Waals surface area contributed by atoms with E-state index in [1.807, 2.05) is 0 Å². The number of nitro benzene ring substituents is 1. The average molecular weight is 404 g/mol. The highest BCUT2D eigenvalue weighted by molar-refractivity contribution is 5.95. The fourth-order valence-corrected chi connectivity index (χ4v) is 4.02. The Morgan fingerprint density at radius 1 is 0.967 bits per heavy atom. The van der Waals surface area contributed by atoms with Crippen LogP contribution in [0.4, 0.5) is 11.5 Å². The zero-order chi connectivity index (χ0) is 21.4. The lowest BCUT2D eigenvalue weighted by Crippen LogP contribution is -2.49. The first-order valence-corrected chi connectivity index (χ1v) is 10.0. The number of aryl methyl sites for hydroxylation is 3. The molecule has 4 rings (SSSR count). The fourth-order valence-electron chi connectivity index (χ4n) is 4.02. The zero-order valence-corrected chi connectivity index (χ0v) is 17.4. The number of carbonyl (C=O) groups is 1. The minimum atomic E-state index is -0.428. The topological polar surface area (TPSA) is 79.6 Å². The van der Waals surface area contributed by atoms with E-state index in [1.165, 1.54) is 23.1 Å². The van der Waals surface area contributed by atoms with Crippen LogP contribution in [0.15, 0.2) is 42.5 Å². The Morgan fingerprint density at radius 2 is 1.70 bits per heavy atom. The van der Waals surface area contributed by atoms with Crippen molar-refractivity contribution < 1.29 is 9.72 Å². The molecule has 1 amide bonds. The summed E-state index contributed by atoms with van der Waals surface area (Å²) in [5.74, 6) is 0.846. The Kier molecular flexibility index (Phi) is 5.11. The molecule has 1 aliphatic heterocycles. The number of amides is 1. The Morgan fingerprint density at radius 3 is 2.37 bits per heavy atom. The van der Waals surface area contributed by atoms with Gasteiger partial charge >= 0.3 is 0 Å². The third-order valence-electron chi connectivity index (χ3n) is 5.77. The highest BCUT2D eigenvalue weighted by atomic mass is 16.6. The maximum atomic E-state index is 12.9. The van der Waals surface area contributed by atoms with Gasteiger partial charge in [-0.15, -0.1) is 0 Å². The van der Waals surface area contributed by atoms with Gasteiger partial charge in [0.1, 0.15) is 5.82 Å². The predicted octanol–water partition coefficient (Wildman–Crippen LogP) is 4.03. The van der Waals surface area contributed by atoms with Gasteiger partial charge in [-0.05, 0) is 50.1 Å². The fraction of sp³-hybridized carbons (Fsp3) is 0.304. The number of anilines is 1. The molecule has 3 aromatic rings. The van der Waals surface area contributed by atoms with Crippen LogP contribution in [0.1, 0.15) is 27.0 Å². The molecular weight excluding hydrogens is 380 g/mol. The van der Waals surface area contributed by atoms with Crippen LogP contribution in [0.2, 0.25) is 0 Å². The van der Waals surface area contributed by atoms with E-state index in [0.29, 0.717) is 37.3 Å². The first-order valence-electron chi connectivity index (χ1n) is 10.0. The Hall–Kier alpha value is -3.48. The van der Waals surface area contributed by atoms with Crippen LogP contribution in [0.5, 0.6) is 0 Å². The number of hydrogen-bond acceptors (Lipinski definition) is 5. The van der Waals surface area contributed by atoms with Crippen LogP contribution in [0.3, 0.4) is 0 Å². The van der Waals surface area contributed by atoms with Crippen molar-refractivity contribution in [2.24, 2.45) is 0 Å². The van der Waals surface area contributed by atoms with Crippen molar-refractivity contribution in [2.45, 2.75) is 20.8 Å². The third-order valence-corrected chi connectivity index (χ3v) is 5.77. The normalized spacial score (nSPS) is 14.2. The smallest absolute Gasteiger partial charge is 0.272 e. The Bertz CT molecular complexity index is 1150. The molecule has 7 heteroatoms. The van der Waals surface area contributed by atoms with Crippen molar-refractivity contribution in [1.82, 2.24) is 9.88 Å². The molecule has 154 valence electrons. The number of rotatable bonds is 3.